The number of hydrogen-bond acceptors (Lipinski definition) is 2. The minimum absolute atomic E-state index is 0.0621. The van der Waals surface area contributed by atoms with Crippen LogP contribution >= 0.6 is 0 Å². The summed E-state index contributed by atoms with van der Waals surface area (Å²) in [6, 6.07) is 14.3. The zero-order chi connectivity index (χ0) is 18.2. The van der Waals surface area contributed by atoms with Gasteiger partial charge in [-0.05, 0) is 60.6 Å². The molecule has 0 bridgehead atoms. The van der Waals surface area contributed by atoms with Gasteiger partial charge in [0.05, 0.1) is 0 Å². The number of rotatable bonds is 8. The summed E-state index contributed by atoms with van der Waals surface area (Å²) < 4.78 is 5.88. The topological polar surface area (TPSA) is 38.3 Å². The van der Waals surface area contributed by atoms with Crippen molar-refractivity contribution in [2.24, 2.45) is 0 Å². The van der Waals surface area contributed by atoms with Crippen LogP contribution in [0.2, 0.25) is 0 Å². The highest BCUT2D eigenvalue weighted by Crippen LogP contribution is 2.16. The molecular formula is C22H29NO2. The number of nitrogens with one attached hydrogen (secondary N) is 1. The summed E-state index contributed by atoms with van der Waals surface area (Å²) in [7, 11) is 0. The predicted molar refractivity (Wildman–Crippen MR) is 103 cm³/mol. The molecule has 1 unspecified atom stereocenters. The Hall–Kier alpha value is -2.29. The lowest BCUT2D eigenvalue weighted by atomic mass is 10.0. The zero-order valence-corrected chi connectivity index (χ0v) is 15.8. The molecule has 0 aromatic heterocycles. The minimum Gasteiger partial charge on any atom is -0.481 e. The van der Waals surface area contributed by atoms with E-state index in [-0.39, 0.29) is 5.91 Å². The van der Waals surface area contributed by atoms with Crippen LogP contribution in [0, 0.1) is 6.92 Å². The summed E-state index contributed by atoms with van der Waals surface area (Å²) in [6.07, 6.45) is 2.13. The molecule has 2 aromatic rings. The van der Waals surface area contributed by atoms with Gasteiger partial charge in [0.2, 0.25) is 0 Å². The highest BCUT2D eigenvalue weighted by Gasteiger charge is 2.18. The molecule has 134 valence electrons. The minimum atomic E-state index is -0.471. The van der Waals surface area contributed by atoms with E-state index >= 15 is 0 Å². The lowest BCUT2D eigenvalue weighted by Crippen LogP contribution is -2.37. The van der Waals surface area contributed by atoms with Gasteiger partial charge in [-0.1, -0.05) is 51.1 Å². The van der Waals surface area contributed by atoms with Crippen LogP contribution in [-0.2, 0) is 24.2 Å². The van der Waals surface area contributed by atoms with Gasteiger partial charge in [0.25, 0.3) is 5.91 Å². The van der Waals surface area contributed by atoms with Crippen LogP contribution in [0.25, 0.3) is 0 Å². The maximum Gasteiger partial charge on any atom is 0.261 e. The fraction of sp³-hybridized carbons (Fsp3) is 0.409. The molecule has 0 heterocycles. The van der Waals surface area contributed by atoms with Gasteiger partial charge in [-0.15, -0.1) is 0 Å². The largest absolute Gasteiger partial charge is 0.481 e. The average Bonchev–Trinajstić information content (AvgIpc) is 2.63. The molecule has 0 aliphatic rings. The Kier molecular flexibility index (Phi) is 7.05. The van der Waals surface area contributed by atoms with Gasteiger partial charge in [-0.2, -0.15) is 0 Å². The SMILES string of the molecule is CCc1ccc(CC)c(CNC(=O)C(CC)Oc2cccc(C)c2)c1. The number of ether oxygens (including phenoxy) is 1. The quantitative estimate of drug-likeness (QED) is 0.763. The number of carbonyl (C=O) groups excluding carboxylic acids is 1. The molecule has 1 atom stereocenters. The van der Waals surface area contributed by atoms with Crippen molar-refractivity contribution in [3.05, 3.63) is 64.7 Å². The average molecular weight is 339 g/mol. The second-order valence-corrected chi connectivity index (χ2v) is 6.36. The van der Waals surface area contributed by atoms with Crippen LogP contribution in [0.3, 0.4) is 0 Å². The molecular weight excluding hydrogens is 310 g/mol. The van der Waals surface area contributed by atoms with Gasteiger partial charge < -0.3 is 10.1 Å². The molecule has 1 amide bonds. The third-order valence-electron chi connectivity index (χ3n) is 4.44. The molecule has 3 heteroatoms. The fourth-order valence-corrected chi connectivity index (χ4v) is 2.88. The molecule has 2 aromatic carbocycles. The summed E-state index contributed by atoms with van der Waals surface area (Å²) in [5.41, 5.74) is 4.90. The second-order valence-electron chi connectivity index (χ2n) is 6.36. The van der Waals surface area contributed by atoms with Crippen LogP contribution in [0.5, 0.6) is 5.75 Å². The van der Waals surface area contributed by atoms with Crippen LogP contribution in [0.1, 0.15) is 49.4 Å². The summed E-state index contributed by atoms with van der Waals surface area (Å²) in [5.74, 6) is 0.678. The van der Waals surface area contributed by atoms with E-state index in [1.54, 1.807) is 0 Å². The first kappa shape index (κ1) is 19.0. The Bertz CT molecular complexity index is 709. The maximum atomic E-state index is 12.6. The number of benzene rings is 2. The van der Waals surface area contributed by atoms with Crippen molar-refractivity contribution in [3.63, 3.8) is 0 Å². The summed E-state index contributed by atoms with van der Waals surface area (Å²) in [6.45, 7) is 8.81. The molecule has 0 aliphatic carbocycles. The highest BCUT2D eigenvalue weighted by atomic mass is 16.5. The van der Waals surface area contributed by atoms with Crippen LogP contribution in [0.15, 0.2) is 42.5 Å². The molecule has 0 saturated carbocycles. The molecule has 0 radical (unpaired) electrons. The first-order valence-electron chi connectivity index (χ1n) is 9.19. The van der Waals surface area contributed by atoms with E-state index in [1.807, 2.05) is 38.1 Å². The van der Waals surface area contributed by atoms with Gasteiger partial charge in [0.15, 0.2) is 6.10 Å². The fourth-order valence-electron chi connectivity index (χ4n) is 2.88. The normalized spacial score (nSPS) is 11.8. The highest BCUT2D eigenvalue weighted by molar-refractivity contribution is 5.81. The Morgan fingerprint density at radius 3 is 2.48 bits per heavy atom. The number of aryl methyl sites for hydroxylation is 3. The van der Waals surface area contributed by atoms with Gasteiger partial charge >= 0.3 is 0 Å². The molecule has 0 saturated heterocycles. The summed E-state index contributed by atoms with van der Waals surface area (Å²) in [4.78, 5) is 12.6. The Morgan fingerprint density at radius 2 is 1.84 bits per heavy atom. The van der Waals surface area contributed by atoms with Crippen LogP contribution < -0.4 is 10.1 Å². The van der Waals surface area contributed by atoms with Crippen molar-refractivity contribution in [2.45, 2.75) is 59.6 Å². The van der Waals surface area contributed by atoms with Crippen molar-refractivity contribution in [1.29, 1.82) is 0 Å². The van der Waals surface area contributed by atoms with E-state index in [0.29, 0.717) is 13.0 Å². The molecule has 2 rings (SSSR count). The second kappa shape index (κ2) is 9.26. The third kappa shape index (κ3) is 5.35. The standard InChI is InChI=1S/C22H29NO2/c1-5-17-11-12-18(6-2)19(14-17)15-23-22(24)21(7-3)25-20-10-8-9-16(4)13-20/h8-14,21H,5-7,15H2,1-4H3,(H,23,24). The Morgan fingerprint density at radius 1 is 1.04 bits per heavy atom. The molecule has 0 fully saturated rings. The first-order chi connectivity index (χ1) is 12.1. The smallest absolute Gasteiger partial charge is 0.261 e. The monoisotopic (exact) mass is 339 g/mol. The van der Waals surface area contributed by atoms with Crippen molar-refractivity contribution < 1.29 is 9.53 Å². The molecule has 25 heavy (non-hydrogen) atoms. The number of carbonyl (C=O) groups is 1. The maximum absolute atomic E-state index is 12.6. The van der Waals surface area contributed by atoms with Crippen molar-refractivity contribution >= 4 is 5.91 Å². The van der Waals surface area contributed by atoms with E-state index in [2.05, 4.69) is 37.4 Å². The zero-order valence-electron chi connectivity index (χ0n) is 15.8. The summed E-state index contributed by atoms with van der Waals surface area (Å²) >= 11 is 0. The third-order valence-corrected chi connectivity index (χ3v) is 4.44. The van der Waals surface area contributed by atoms with Gasteiger partial charge in [-0.25, -0.2) is 0 Å². The lowest BCUT2D eigenvalue weighted by molar-refractivity contribution is -0.128. The van der Waals surface area contributed by atoms with Crippen molar-refractivity contribution in [1.82, 2.24) is 5.32 Å². The summed E-state index contributed by atoms with van der Waals surface area (Å²) in [5, 5.41) is 3.05. The first-order valence-corrected chi connectivity index (χ1v) is 9.19. The van der Waals surface area contributed by atoms with E-state index in [9.17, 15) is 4.79 Å². The molecule has 0 spiro atoms. The van der Waals surface area contributed by atoms with E-state index < -0.39 is 6.10 Å². The molecule has 3 nitrogen and oxygen atoms in total. The Balaban J connectivity index is 2.02. The Labute approximate surface area is 151 Å². The van der Waals surface area contributed by atoms with E-state index in [0.717, 1.165) is 24.2 Å². The van der Waals surface area contributed by atoms with Gasteiger partial charge in [0, 0.05) is 6.54 Å². The molecule has 0 aliphatic heterocycles. The van der Waals surface area contributed by atoms with Crippen LogP contribution in [-0.4, -0.2) is 12.0 Å². The van der Waals surface area contributed by atoms with E-state index in [4.69, 9.17) is 4.74 Å². The molecule has 1 N–H and O–H groups in total. The van der Waals surface area contributed by atoms with Crippen molar-refractivity contribution in [3.8, 4) is 5.75 Å². The van der Waals surface area contributed by atoms with Gasteiger partial charge in [-0.3, -0.25) is 4.79 Å². The van der Waals surface area contributed by atoms with E-state index in [1.165, 1.54) is 16.7 Å². The van der Waals surface area contributed by atoms with Crippen LogP contribution in [0.4, 0.5) is 0 Å². The number of amides is 1. The van der Waals surface area contributed by atoms with Crippen molar-refractivity contribution in [2.75, 3.05) is 0 Å². The lowest BCUT2D eigenvalue weighted by Gasteiger charge is -2.18. The van der Waals surface area contributed by atoms with Gasteiger partial charge in [0.1, 0.15) is 5.75 Å². The predicted octanol–water partition coefficient (Wildman–Crippen LogP) is 4.59. The number of hydrogen-bond donors (Lipinski definition) is 1.